The zero-order chi connectivity index (χ0) is 8.39. The first kappa shape index (κ1) is 7.41. The highest BCUT2D eigenvalue weighted by Crippen LogP contribution is 2.24. The minimum absolute atomic E-state index is 1.07. The predicted octanol–water partition coefficient (Wildman–Crippen LogP) is 2.41. The maximum Gasteiger partial charge on any atom is 0.0576 e. The lowest BCUT2D eigenvalue weighted by Crippen LogP contribution is -1.94. The summed E-state index contributed by atoms with van der Waals surface area (Å²) in [5.41, 5.74) is 2.87. The van der Waals surface area contributed by atoms with E-state index in [1.807, 2.05) is 0 Å². The van der Waals surface area contributed by atoms with E-state index in [-0.39, 0.29) is 0 Å². The molecule has 0 saturated carbocycles. The molecule has 62 valence electrons. The summed E-state index contributed by atoms with van der Waals surface area (Å²) in [6.45, 7) is 4.33. The van der Waals surface area contributed by atoms with Gasteiger partial charge in [-0.25, -0.2) is 0 Å². The minimum atomic E-state index is 1.07. The molecule has 1 aromatic carbocycles. The third-order valence-electron chi connectivity index (χ3n) is 2.21. The number of nitrogens with zero attached hydrogens (tertiary/aromatic N) is 1. The van der Waals surface area contributed by atoms with E-state index in [0.29, 0.717) is 0 Å². The zero-order valence-electron chi connectivity index (χ0n) is 7.33. The lowest BCUT2D eigenvalue weighted by molar-refractivity contribution is 0.580. The second-order valence-electron chi connectivity index (χ2n) is 3.12. The molecule has 0 amide bonds. The zero-order valence-corrected chi connectivity index (χ0v) is 7.33. The van der Waals surface area contributed by atoms with Gasteiger partial charge in [0.05, 0.1) is 6.54 Å². The van der Waals surface area contributed by atoms with Gasteiger partial charge >= 0.3 is 0 Å². The van der Waals surface area contributed by atoms with Crippen LogP contribution in [0.3, 0.4) is 0 Å². The van der Waals surface area contributed by atoms with E-state index in [1.165, 1.54) is 11.3 Å². The van der Waals surface area contributed by atoms with E-state index in [1.54, 1.807) is 0 Å². The van der Waals surface area contributed by atoms with Crippen LogP contribution in [0.25, 0.3) is 0 Å². The molecule has 1 aromatic rings. The Morgan fingerprint density at radius 2 is 2.08 bits per heavy atom. The van der Waals surface area contributed by atoms with Crippen LogP contribution in [0.1, 0.15) is 12.5 Å². The number of hydrogen-bond donors (Lipinski definition) is 0. The fourth-order valence-electron chi connectivity index (χ4n) is 1.40. The predicted molar refractivity (Wildman–Crippen MR) is 50.6 cm³/mol. The van der Waals surface area contributed by atoms with Crippen molar-refractivity contribution in [2.24, 2.45) is 0 Å². The fraction of sp³-hybridized carbons (Fsp3) is 0.273. The molecule has 0 atom stereocenters. The van der Waals surface area contributed by atoms with Crippen LogP contribution in [0.4, 0.5) is 0 Å². The summed E-state index contributed by atoms with van der Waals surface area (Å²) in [5.74, 6) is 0. The van der Waals surface area contributed by atoms with Crippen LogP contribution in [0.15, 0.2) is 42.1 Å². The highest BCUT2D eigenvalue weighted by Gasteiger charge is 2.22. The molecule has 1 saturated heterocycles. The van der Waals surface area contributed by atoms with Crippen molar-refractivity contribution in [2.45, 2.75) is 13.5 Å². The molecule has 0 unspecified atom stereocenters. The van der Waals surface area contributed by atoms with Crippen molar-refractivity contribution >= 4 is 0 Å². The van der Waals surface area contributed by atoms with Gasteiger partial charge in [0.15, 0.2) is 0 Å². The average molecular weight is 159 g/mol. The van der Waals surface area contributed by atoms with Crippen LogP contribution in [0.5, 0.6) is 0 Å². The molecule has 1 nitrogen and oxygen atoms in total. The largest absolute Gasteiger partial charge is 0.364 e. The molecule has 12 heavy (non-hydrogen) atoms. The summed E-state index contributed by atoms with van der Waals surface area (Å²) in [6, 6.07) is 10.6. The number of rotatable bonds is 2. The Labute approximate surface area is 73.3 Å². The summed E-state index contributed by atoms with van der Waals surface area (Å²) in [6.07, 6.45) is 2.18. The minimum Gasteiger partial charge on any atom is -0.364 e. The van der Waals surface area contributed by atoms with E-state index < -0.39 is 0 Å². The molecule has 1 heterocycles. The van der Waals surface area contributed by atoms with Gasteiger partial charge in [-0.3, -0.25) is 0 Å². The van der Waals surface area contributed by atoms with Crippen LogP contribution in [-0.2, 0) is 6.54 Å². The van der Waals surface area contributed by atoms with Crippen LogP contribution >= 0.6 is 0 Å². The van der Waals surface area contributed by atoms with Crippen molar-refractivity contribution in [2.75, 3.05) is 6.54 Å². The Morgan fingerprint density at radius 3 is 2.67 bits per heavy atom. The number of benzene rings is 1. The lowest BCUT2D eigenvalue weighted by Gasteiger charge is -2.00. The van der Waals surface area contributed by atoms with Crippen molar-refractivity contribution in [3.8, 4) is 0 Å². The summed E-state index contributed by atoms with van der Waals surface area (Å²) in [4.78, 5) is 2.37. The maximum absolute atomic E-state index is 2.37. The second-order valence-corrected chi connectivity index (χ2v) is 3.12. The third kappa shape index (κ3) is 1.50. The first-order chi connectivity index (χ1) is 5.90. The van der Waals surface area contributed by atoms with Crippen molar-refractivity contribution < 1.29 is 0 Å². The van der Waals surface area contributed by atoms with E-state index >= 15 is 0 Å². The molecule has 0 bridgehead atoms. The number of hydrogen-bond acceptors (Lipinski definition) is 1. The Bertz CT molecular complexity index is 287. The third-order valence-corrected chi connectivity index (χ3v) is 2.21. The summed E-state index contributed by atoms with van der Waals surface area (Å²) in [5, 5.41) is 0. The monoisotopic (exact) mass is 159 g/mol. The van der Waals surface area contributed by atoms with Crippen molar-refractivity contribution in [1.29, 1.82) is 0 Å². The Balaban J connectivity index is 1.98. The van der Waals surface area contributed by atoms with Crippen molar-refractivity contribution in [3.05, 3.63) is 47.7 Å². The summed E-state index contributed by atoms with van der Waals surface area (Å²) in [7, 11) is 0. The van der Waals surface area contributed by atoms with Gasteiger partial charge in [-0.15, -0.1) is 0 Å². The van der Waals surface area contributed by atoms with Gasteiger partial charge in [-0.2, -0.15) is 0 Å². The van der Waals surface area contributed by atoms with Gasteiger partial charge in [-0.1, -0.05) is 36.4 Å². The quantitative estimate of drug-likeness (QED) is 0.599. The van der Waals surface area contributed by atoms with Gasteiger partial charge in [0.25, 0.3) is 0 Å². The Kier molecular flexibility index (Phi) is 1.86. The smallest absolute Gasteiger partial charge is 0.0576 e. The molecule has 1 aliphatic rings. The number of allylic oxidation sites excluding steroid dienone is 1. The normalized spacial score (nSPS) is 18.4. The first-order valence-corrected chi connectivity index (χ1v) is 4.34. The molecule has 0 spiro atoms. The highest BCUT2D eigenvalue weighted by molar-refractivity contribution is 5.22. The van der Waals surface area contributed by atoms with Gasteiger partial charge in [0, 0.05) is 12.2 Å². The standard InChI is InChI=1S/C11H13N/c1-2-11-9-12(11)8-10-6-4-3-5-7-10/h2-7H,8-9H2,1H3/b11-2+. The van der Waals surface area contributed by atoms with Gasteiger partial charge in [0.1, 0.15) is 0 Å². The molecule has 2 rings (SSSR count). The molecule has 0 aromatic heterocycles. The molecule has 1 heteroatoms. The first-order valence-electron chi connectivity index (χ1n) is 4.34. The fourth-order valence-corrected chi connectivity index (χ4v) is 1.40. The Hall–Kier alpha value is -1.24. The lowest BCUT2D eigenvalue weighted by atomic mass is 10.2. The van der Waals surface area contributed by atoms with Crippen LogP contribution < -0.4 is 0 Å². The van der Waals surface area contributed by atoms with Gasteiger partial charge in [0.2, 0.25) is 0 Å². The van der Waals surface area contributed by atoms with Crippen LogP contribution in [-0.4, -0.2) is 11.4 Å². The van der Waals surface area contributed by atoms with Crippen LogP contribution in [0.2, 0.25) is 0 Å². The average Bonchev–Trinajstić information content (AvgIpc) is 2.85. The SMILES string of the molecule is C/C=C1\CN1Cc1ccccc1. The van der Waals surface area contributed by atoms with Gasteiger partial charge in [-0.05, 0) is 12.5 Å². The second kappa shape index (κ2) is 3.02. The molecular formula is C11H13N. The van der Waals surface area contributed by atoms with E-state index in [0.717, 1.165) is 13.1 Å². The molecule has 0 aliphatic carbocycles. The molecule has 0 radical (unpaired) electrons. The summed E-state index contributed by atoms with van der Waals surface area (Å²) >= 11 is 0. The molecule has 0 N–H and O–H groups in total. The Morgan fingerprint density at radius 1 is 1.33 bits per heavy atom. The van der Waals surface area contributed by atoms with Crippen molar-refractivity contribution in [3.63, 3.8) is 0 Å². The van der Waals surface area contributed by atoms with Gasteiger partial charge < -0.3 is 4.90 Å². The van der Waals surface area contributed by atoms with Crippen LogP contribution in [0, 0.1) is 0 Å². The molecule has 1 aliphatic heterocycles. The van der Waals surface area contributed by atoms with Crippen molar-refractivity contribution in [1.82, 2.24) is 4.90 Å². The highest BCUT2D eigenvalue weighted by atomic mass is 15.3. The van der Waals surface area contributed by atoms with E-state index in [4.69, 9.17) is 0 Å². The summed E-state index contributed by atoms with van der Waals surface area (Å²) < 4.78 is 0. The van der Waals surface area contributed by atoms with E-state index in [9.17, 15) is 0 Å². The molecular weight excluding hydrogens is 146 g/mol. The topological polar surface area (TPSA) is 3.01 Å². The molecule has 1 fully saturated rings. The van der Waals surface area contributed by atoms with E-state index in [2.05, 4.69) is 48.2 Å². The maximum atomic E-state index is 2.37.